The Hall–Kier alpha value is -1.02. The van der Waals surface area contributed by atoms with E-state index in [0.717, 1.165) is 25.3 Å². The Labute approximate surface area is 105 Å². The van der Waals surface area contributed by atoms with Crippen molar-refractivity contribution in [3.8, 4) is 5.75 Å². The van der Waals surface area contributed by atoms with Gasteiger partial charge in [-0.05, 0) is 37.1 Å². The van der Waals surface area contributed by atoms with Crippen LogP contribution in [0.25, 0.3) is 0 Å². The van der Waals surface area contributed by atoms with Gasteiger partial charge >= 0.3 is 0 Å². The number of ether oxygens (including phenoxy) is 1. The lowest BCUT2D eigenvalue weighted by Gasteiger charge is -2.18. The molecule has 0 radical (unpaired) electrons. The zero-order chi connectivity index (χ0) is 12.5. The third-order valence-electron chi connectivity index (χ3n) is 2.76. The maximum absolute atomic E-state index is 5.67. The molecule has 2 heteroatoms. The van der Waals surface area contributed by atoms with Gasteiger partial charge < -0.3 is 10.1 Å². The van der Waals surface area contributed by atoms with Gasteiger partial charge in [0, 0.05) is 6.04 Å². The third-order valence-corrected chi connectivity index (χ3v) is 2.76. The largest absolute Gasteiger partial charge is 0.494 e. The van der Waals surface area contributed by atoms with Crippen LogP contribution in [0, 0.1) is 0 Å². The Kier molecular flexibility index (Phi) is 6.71. The van der Waals surface area contributed by atoms with Gasteiger partial charge in [-0.15, -0.1) is 0 Å². The maximum Gasteiger partial charge on any atom is 0.119 e. The number of benzene rings is 1. The summed E-state index contributed by atoms with van der Waals surface area (Å²) in [6.07, 6.45) is 3.42. The standard InChI is InChI=1S/C15H25NO/c1-4-8-15(16-6-3)13-9-7-10-14(12-13)17-11-5-2/h7,9-10,12,15-16H,4-6,8,11H2,1-3H3. The summed E-state index contributed by atoms with van der Waals surface area (Å²) in [5.74, 6) is 0.989. The van der Waals surface area contributed by atoms with Crippen LogP contribution >= 0.6 is 0 Å². The van der Waals surface area contributed by atoms with Crippen LogP contribution in [0.4, 0.5) is 0 Å². The van der Waals surface area contributed by atoms with Gasteiger partial charge in [-0.2, -0.15) is 0 Å². The minimum atomic E-state index is 0.454. The quantitative estimate of drug-likeness (QED) is 0.737. The molecule has 1 rings (SSSR count). The van der Waals surface area contributed by atoms with Crippen LogP contribution < -0.4 is 10.1 Å². The zero-order valence-corrected chi connectivity index (χ0v) is 11.3. The van der Waals surface area contributed by atoms with E-state index in [2.05, 4.69) is 44.3 Å². The van der Waals surface area contributed by atoms with E-state index in [1.54, 1.807) is 0 Å². The fraction of sp³-hybridized carbons (Fsp3) is 0.600. The van der Waals surface area contributed by atoms with Crippen molar-refractivity contribution in [3.05, 3.63) is 29.8 Å². The summed E-state index contributed by atoms with van der Waals surface area (Å²) in [6.45, 7) is 8.30. The molecule has 0 fully saturated rings. The Bertz CT molecular complexity index is 306. The van der Waals surface area contributed by atoms with Crippen molar-refractivity contribution in [2.24, 2.45) is 0 Å². The molecule has 1 aromatic rings. The molecule has 1 atom stereocenters. The molecule has 0 amide bonds. The molecule has 0 aliphatic carbocycles. The molecule has 0 saturated carbocycles. The highest BCUT2D eigenvalue weighted by molar-refractivity contribution is 5.30. The molecule has 0 heterocycles. The Morgan fingerprint density at radius 1 is 1.18 bits per heavy atom. The van der Waals surface area contributed by atoms with Gasteiger partial charge in [0.1, 0.15) is 5.75 Å². The summed E-state index contributed by atoms with van der Waals surface area (Å²) in [4.78, 5) is 0. The molecule has 1 aromatic carbocycles. The van der Waals surface area contributed by atoms with Crippen molar-refractivity contribution < 1.29 is 4.74 Å². The molecule has 2 nitrogen and oxygen atoms in total. The van der Waals surface area contributed by atoms with Gasteiger partial charge in [0.25, 0.3) is 0 Å². The van der Waals surface area contributed by atoms with Crippen molar-refractivity contribution in [3.63, 3.8) is 0 Å². The minimum Gasteiger partial charge on any atom is -0.494 e. The first-order valence-electron chi connectivity index (χ1n) is 6.77. The van der Waals surface area contributed by atoms with Crippen LogP contribution in [0.5, 0.6) is 5.75 Å². The summed E-state index contributed by atoms with van der Waals surface area (Å²) < 4.78 is 5.67. The lowest BCUT2D eigenvalue weighted by atomic mass is 10.0. The highest BCUT2D eigenvalue weighted by Gasteiger charge is 2.09. The van der Waals surface area contributed by atoms with Gasteiger partial charge in [0.05, 0.1) is 6.61 Å². The molecule has 0 aliphatic rings. The Morgan fingerprint density at radius 2 is 2.00 bits per heavy atom. The number of nitrogens with one attached hydrogen (secondary N) is 1. The highest BCUT2D eigenvalue weighted by atomic mass is 16.5. The number of hydrogen-bond donors (Lipinski definition) is 1. The minimum absolute atomic E-state index is 0.454. The van der Waals surface area contributed by atoms with Crippen molar-refractivity contribution in [1.82, 2.24) is 5.32 Å². The normalized spacial score (nSPS) is 12.4. The molecule has 0 aromatic heterocycles. The van der Waals surface area contributed by atoms with Crippen LogP contribution in [0.3, 0.4) is 0 Å². The van der Waals surface area contributed by atoms with E-state index >= 15 is 0 Å². The number of rotatable bonds is 8. The van der Waals surface area contributed by atoms with Crippen LogP contribution in [0.1, 0.15) is 51.6 Å². The molecule has 0 bridgehead atoms. The predicted octanol–water partition coefficient (Wildman–Crippen LogP) is 3.93. The van der Waals surface area contributed by atoms with Gasteiger partial charge in [0.2, 0.25) is 0 Å². The van der Waals surface area contributed by atoms with E-state index in [0.29, 0.717) is 6.04 Å². The van der Waals surface area contributed by atoms with E-state index < -0.39 is 0 Å². The Morgan fingerprint density at radius 3 is 2.65 bits per heavy atom. The van der Waals surface area contributed by atoms with Crippen LogP contribution in [0.2, 0.25) is 0 Å². The second-order valence-corrected chi connectivity index (χ2v) is 4.32. The smallest absolute Gasteiger partial charge is 0.119 e. The van der Waals surface area contributed by atoms with Gasteiger partial charge in [-0.3, -0.25) is 0 Å². The van der Waals surface area contributed by atoms with E-state index in [4.69, 9.17) is 4.74 Å². The van der Waals surface area contributed by atoms with Crippen LogP contribution in [-0.2, 0) is 0 Å². The van der Waals surface area contributed by atoms with Gasteiger partial charge in [-0.25, -0.2) is 0 Å². The molecular weight excluding hydrogens is 210 g/mol. The molecule has 0 aliphatic heterocycles. The van der Waals surface area contributed by atoms with Gasteiger partial charge in [-0.1, -0.05) is 39.3 Å². The average Bonchev–Trinajstić information content (AvgIpc) is 2.36. The van der Waals surface area contributed by atoms with Crippen molar-refractivity contribution in [2.75, 3.05) is 13.2 Å². The summed E-state index contributed by atoms with van der Waals surface area (Å²) in [7, 11) is 0. The molecule has 17 heavy (non-hydrogen) atoms. The second-order valence-electron chi connectivity index (χ2n) is 4.32. The van der Waals surface area contributed by atoms with Gasteiger partial charge in [0.15, 0.2) is 0 Å². The molecule has 0 spiro atoms. The maximum atomic E-state index is 5.67. The zero-order valence-electron chi connectivity index (χ0n) is 11.3. The summed E-state index contributed by atoms with van der Waals surface area (Å²) >= 11 is 0. The highest BCUT2D eigenvalue weighted by Crippen LogP contribution is 2.22. The average molecular weight is 235 g/mol. The fourth-order valence-electron chi connectivity index (χ4n) is 1.96. The SMILES string of the molecule is CCCOc1cccc(C(CCC)NCC)c1. The summed E-state index contributed by atoms with van der Waals surface area (Å²) in [5, 5.41) is 3.53. The van der Waals surface area contributed by atoms with E-state index in [1.165, 1.54) is 18.4 Å². The van der Waals surface area contributed by atoms with Crippen LogP contribution in [0.15, 0.2) is 24.3 Å². The van der Waals surface area contributed by atoms with E-state index in [-0.39, 0.29) is 0 Å². The van der Waals surface area contributed by atoms with Crippen molar-refractivity contribution >= 4 is 0 Å². The monoisotopic (exact) mass is 235 g/mol. The van der Waals surface area contributed by atoms with Crippen molar-refractivity contribution in [2.45, 2.75) is 46.1 Å². The molecule has 0 saturated heterocycles. The summed E-state index contributed by atoms with van der Waals surface area (Å²) in [5.41, 5.74) is 1.34. The first-order valence-corrected chi connectivity index (χ1v) is 6.77. The second kappa shape index (κ2) is 8.13. The first-order chi connectivity index (χ1) is 8.31. The Balaban J connectivity index is 2.72. The van der Waals surface area contributed by atoms with E-state index in [9.17, 15) is 0 Å². The molecule has 1 unspecified atom stereocenters. The lowest BCUT2D eigenvalue weighted by molar-refractivity contribution is 0.316. The van der Waals surface area contributed by atoms with E-state index in [1.807, 2.05) is 6.07 Å². The molecular formula is C15H25NO. The summed E-state index contributed by atoms with van der Waals surface area (Å²) in [6, 6.07) is 8.92. The predicted molar refractivity (Wildman–Crippen MR) is 73.6 cm³/mol. The molecule has 1 N–H and O–H groups in total. The van der Waals surface area contributed by atoms with Crippen LogP contribution in [-0.4, -0.2) is 13.2 Å². The molecule has 96 valence electrons. The third kappa shape index (κ3) is 4.78. The topological polar surface area (TPSA) is 21.3 Å². The fourth-order valence-corrected chi connectivity index (χ4v) is 1.96. The number of hydrogen-bond acceptors (Lipinski definition) is 2. The first kappa shape index (κ1) is 14.0. The lowest BCUT2D eigenvalue weighted by Crippen LogP contribution is -2.20. The van der Waals surface area contributed by atoms with Crippen molar-refractivity contribution in [1.29, 1.82) is 0 Å².